The Labute approximate surface area is 236 Å². The normalized spacial score (nSPS) is 10.8. The summed E-state index contributed by atoms with van der Waals surface area (Å²) in [6.07, 6.45) is 1.81. The van der Waals surface area contributed by atoms with Crippen LogP contribution in [0.25, 0.3) is 11.5 Å². The monoisotopic (exact) mass is 561 g/mol. The highest BCUT2D eigenvalue weighted by atomic mass is 19.4. The predicted octanol–water partition coefficient (Wildman–Crippen LogP) is 10.0. The predicted molar refractivity (Wildman–Crippen MR) is 155 cm³/mol. The number of alkyl halides is 3. The number of hydrogen-bond donors (Lipinski definition) is 1. The number of rotatable bonds is 10. The van der Waals surface area contributed by atoms with E-state index >= 15 is 0 Å². The molecule has 0 saturated heterocycles. The summed E-state index contributed by atoms with van der Waals surface area (Å²) in [5.41, 5.74) is 1.53. The van der Waals surface area contributed by atoms with Gasteiger partial charge in [0, 0.05) is 12.0 Å². The van der Waals surface area contributed by atoms with E-state index in [0.29, 0.717) is 36.3 Å². The minimum Gasteiger partial charge on any atom is -0.482 e. The highest BCUT2D eigenvalue weighted by Gasteiger charge is 2.30. The lowest BCUT2D eigenvalue weighted by molar-refractivity contribution is -0.138. The zero-order valence-electron chi connectivity index (χ0n) is 24.3. The first-order valence-corrected chi connectivity index (χ1v) is 13.4. The van der Waals surface area contributed by atoms with Crippen molar-refractivity contribution in [3.05, 3.63) is 96.4 Å². The van der Waals surface area contributed by atoms with E-state index < -0.39 is 23.8 Å². The van der Waals surface area contributed by atoms with Crippen LogP contribution in [0.2, 0.25) is 0 Å². The number of carboxylic acids is 1. The number of benzene rings is 2. The van der Waals surface area contributed by atoms with Gasteiger partial charge in [-0.25, -0.2) is 4.98 Å². The molecule has 3 aromatic rings. The van der Waals surface area contributed by atoms with Gasteiger partial charge in [-0.15, -0.1) is 13.2 Å². The second-order valence-electron chi connectivity index (χ2n) is 8.01. The van der Waals surface area contributed by atoms with E-state index in [9.17, 15) is 18.0 Å². The van der Waals surface area contributed by atoms with Gasteiger partial charge >= 0.3 is 12.1 Å². The molecule has 0 aliphatic heterocycles. The van der Waals surface area contributed by atoms with Gasteiger partial charge in [0.25, 0.3) is 0 Å². The van der Waals surface area contributed by atoms with Crippen molar-refractivity contribution in [3.63, 3.8) is 0 Å². The zero-order valence-corrected chi connectivity index (χ0v) is 24.3. The number of ether oxygens (including phenoxy) is 1. The molecule has 1 atom stereocenters. The summed E-state index contributed by atoms with van der Waals surface area (Å²) < 4.78 is 50.4. The van der Waals surface area contributed by atoms with Crippen LogP contribution in [-0.4, -0.2) is 16.1 Å². The first kappa shape index (κ1) is 36.2. The average Bonchev–Trinajstić information content (AvgIpc) is 3.43. The molecule has 1 N–H and O–H groups in total. The highest BCUT2D eigenvalue weighted by molar-refractivity contribution is 5.67. The number of aliphatic carboxylic acids is 1. The van der Waals surface area contributed by atoms with Gasteiger partial charge in [-0.05, 0) is 80.6 Å². The third-order valence-corrected chi connectivity index (χ3v) is 5.13. The standard InChI is InChI=1S/C25H24F3NO4.C3H6.2C2H6/c1-3-4-5-21(32-20-12-8-17(16(2)14-20)9-13-23(30)31)22-15-29-24(33-22)18-6-10-19(11-7-18)25(26,27)28;1-3-2;2*1-2/h3,6-8,10-12,14-15,21H,1,4-5,9,13H2,2H3,(H,30,31);3H,1H2,2H3;2*1-2H3/t21-;;;/m1.../s1. The maximum atomic E-state index is 12.8. The third-order valence-electron chi connectivity index (χ3n) is 5.13. The van der Waals surface area contributed by atoms with Crippen molar-refractivity contribution in [3.8, 4) is 17.2 Å². The molecular formula is C32H42F3NO4. The number of halogens is 3. The summed E-state index contributed by atoms with van der Waals surface area (Å²) >= 11 is 0. The summed E-state index contributed by atoms with van der Waals surface area (Å²) in [6, 6.07) is 10.1. The van der Waals surface area contributed by atoms with Crippen LogP contribution in [0.5, 0.6) is 5.75 Å². The van der Waals surface area contributed by atoms with E-state index in [1.807, 2.05) is 53.7 Å². The Balaban J connectivity index is 0.00000199. The fourth-order valence-electron chi connectivity index (χ4n) is 3.33. The summed E-state index contributed by atoms with van der Waals surface area (Å²) in [7, 11) is 0. The lowest BCUT2D eigenvalue weighted by Crippen LogP contribution is -2.07. The minimum atomic E-state index is -4.41. The van der Waals surface area contributed by atoms with E-state index in [4.69, 9.17) is 14.3 Å². The van der Waals surface area contributed by atoms with Crippen LogP contribution in [0.1, 0.15) is 82.4 Å². The molecule has 40 heavy (non-hydrogen) atoms. The highest BCUT2D eigenvalue weighted by Crippen LogP contribution is 2.33. The minimum absolute atomic E-state index is 0.0494. The van der Waals surface area contributed by atoms with Crippen molar-refractivity contribution in [1.82, 2.24) is 4.98 Å². The maximum absolute atomic E-state index is 12.8. The lowest BCUT2D eigenvalue weighted by Gasteiger charge is -2.17. The molecule has 8 heteroatoms. The third kappa shape index (κ3) is 12.4. The molecule has 0 spiro atoms. The van der Waals surface area contributed by atoms with Gasteiger partial charge in [0.15, 0.2) is 11.9 Å². The Bertz CT molecular complexity index is 1150. The Morgan fingerprint density at radius 1 is 1.10 bits per heavy atom. The molecule has 1 aromatic heterocycles. The number of aryl methyl sites for hydroxylation is 2. The van der Waals surface area contributed by atoms with Gasteiger partial charge in [-0.1, -0.05) is 45.9 Å². The number of allylic oxidation sites excluding steroid dienone is 2. The Morgan fingerprint density at radius 2 is 1.70 bits per heavy atom. The molecule has 0 radical (unpaired) electrons. The molecule has 0 bridgehead atoms. The number of aromatic nitrogens is 1. The molecule has 0 saturated carbocycles. The number of oxazole rings is 1. The van der Waals surface area contributed by atoms with Crippen molar-refractivity contribution in [2.45, 2.75) is 79.5 Å². The summed E-state index contributed by atoms with van der Waals surface area (Å²) in [4.78, 5) is 15.0. The molecule has 5 nitrogen and oxygen atoms in total. The van der Waals surface area contributed by atoms with E-state index in [-0.39, 0.29) is 12.3 Å². The van der Waals surface area contributed by atoms with Gasteiger partial charge in [0.05, 0.1) is 11.8 Å². The molecule has 2 aromatic carbocycles. The van der Waals surface area contributed by atoms with Gasteiger partial charge in [0.1, 0.15) is 5.75 Å². The molecule has 0 amide bonds. The summed E-state index contributed by atoms with van der Waals surface area (Å²) in [6.45, 7) is 18.9. The maximum Gasteiger partial charge on any atom is 0.416 e. The van der Waals surface area contributed by atoms with Crippen molar-refractivity contribution < 1.29 is 32.2 Å². The number of carboxylic acid groups (broad SMARTS) is 1. The lowest BCUT2D eigenvalue weighted by atomic mass is 10.0. The quantitative estimate of drug-likeness (QED) is 0.249. The van der Waals surface area contributed by atoms with Crippen LogP contribution < -0.4 is 4.74 Å². The van der Waals surface area contributed by atoms with Crippen LogP contribution >= 0.6 is 0 Å². The Hall–Kier alpha value is -3.81. The average molecular weight is 562 g/mol. The molecule has 0 aliphatic carbocycles. The second kappa shape index (κ2) is 19.3. The van der Waals surface area contributed by atoms with Crippen LogP contribution in [0.4, 0.5) is 13.2 Å². The van der Waals surface area contributed by atoms with Gasteiger partial charge in [-0.3, -0.25) is 4.79 Å². The Kier molecular flexibility index (Phi) is 17.4. The van der Waals surface area contributed by atoms with Crippen LogP contribution in [0, 0.1) is 6.92 Å². The van der Waals surface area contributed by atoms with Crippen LogP contribution in [-0.2, 0) is 17.4 Å². The largest absolute Gasteiger partial charge is 0.482 e. The van der Waals surface area contributed by atoms with E-state index in [0.717, 1.165) is 23.3 Å². The molecule has 3 rings (SSSR count). The Morgan fingerprint density at radius 3 is 2.20 bits per heavy atom. The van der Waals surface area contributed by atoms with E-state index in [2.05, 4.69) is 18.1 Å². The van der Waals surface area contributed by atoms with Crippen molar-refractivity contribution in [2.24, 2.45) is 0 Å². The van der Waals surface area contributed by atoms with Gasteiger partial charge < -0.3 is 14.3 Å². The van der Waals surface area contributed by atoms with Crippen molar-refractivity contribution >= 4 is 5.97 Å². The molecule has 0 fully saturated rings. The summed E-state index contributed by atoms with van der Waals surface area (Å²) in [5, 5.41) is 8.88. The van der Waals surface area contributed by atoms with E-state index in [1.165, 1.54) is 18.3 Å². The van der Waals surface area contributed by atoms with Crippen molar-refractivity contribution in [2.75, 3.05) is 0 Å². The van der Waals surface area contributed by atoms with Gasteiger partial charge in [0.2, 0.25) is 5.89 Å². The number of nitrogens with zero attached hydrogens (tertiary/aromatic N) is 1. The fourth-order valence-corrected chi connectivity index (χ4v) is 3.33. The van der Waals surface area contributed by atoms with E-state index in [1.54, 1.807) is 18.2 Å². The van der Waals surface area contributed by atoms with Crippen LogP contribution in [0.3, 0.4) is 0 Å². The molecule has 0 unspecified atom stereocenters. The second-order valence-corrected chi connectivity index (χ2v) is 8.01. The molecular weight excluding hydrogens is 519 g/mol. The smallest absolute Gasteiger partial charge is 0.416 e. The SMILES string of the molecule is C=CC.C=CCC[C@@H](Oc1ccc(CCC(=O)O)c(C)c1)c1cnc(-c2ccc(C(F)(F)F)cc2)o1.CC.CC. The zero-order chi connectivity index (χ0) is 30.7. The first-order valence-electron chi connectivity index (χ1n) is 13.4. The van der Waals surface area contributed by atoms with Crippen LogP contribution in [0.15, 0.2) is 78.4 Å². The van der Waals surface area contributed by atoms with Gasteiger partial charge in [-0.2, -0.15) is 13.2 Å². The molecule has 220 valence electrons. The first-order chi connectivity index (χ1) is 19.1. The van der Waals surface area contributed by atoms with Crippen molar-refractivity contribution in [1.29, 1.82) is 0 Å². The topological polar surface area (TPSA) is 72.6 Å². The number of hydrogen-bond acceptors (Lipinski definition) is 4. The summed E-state index contributed by atoms with van der Waals surface area (Å²) in [5.74, 6) is 0.381. The fraction of sp³-hybridized carbons (Fsp3) is 0.375. The molecule has 1 heterocycles. The molecule has 0 aliphatic rings. The number of carbonyl (C=O) groups is 1.